The van der Waals surface area contributed by atoms with Gasteiger partial charge in [0.05, 0.1) is 18.4 Å². The first-order chi connectivity index (χ1) is 15.5. The summed E-state index contributed by atoms with van der Waals surface area (Å²) in [4.78, 5) is 11.3. The van der Waals surface area contributed by atoms with Crippen LogP contribution in [0.25, 0.3) is 0 Å². The van der Waals surface area contributed by atoms with Crippen LogP contribution in [0.15, 0.2) is 24.4 Å². The molecule has 1 aromatic carbocycles. The lowest BCUT2D eigenvalue weighted by atomic mass is 9.89. The fraction of sp³-hybridized carbons (Fsp3) is 0.583. The summed E-state index contributed by atoms with van der Waals surface area (Å²) in [5, 5.41) is 7.10. The molecular formula is C24H34ClN5O2. The van der Waals surface area contributed by atoms with Gasteiger partial charge in [0, 0.05) is 24.9 Å². The second-order valence-electron chi connectivity index (χ2n) is 9.03. The number of nitrogens with one attached hydrogen (secondary N) is 2. The zero-order chi connectivity index (χ0) is 22.5. The first-order valence-corrected chi connectivity index (χ1v) is 12.0. The molecule has 7 nitrogen and oxygen atoms in total. The maximum absolute atomic E-state index is 6.30. The number of rotatable bonds is 8. The third-order valence-electron chi connectivity index (χ3n) is 6.06. The summed E-state index contributed by atoms with van der Waals surface area (Å²) in [6, 6.07) is 6.33. The lowest BCUT2D eigenvalue weighted by Crippen LogP contribution is -2.29. The maximum Gasteiger partial charge on any atom is 0.229 e. The monoisotopic (exact) mass is 459 g/mol. The molecule has 0 aliphatic carbocycles. The molecule has 174 valence electrons. The fourth-order valence-electron chi connectivity index (χ4n) is 4.32. The second-order valence-corrected chi connectivity index (χ2v) is 9.44. The normalized spacial score (nSPS) is 20.0. The Morgan fingerprint density at radius 3 is 2.78 bits per heavy atom. The van der Waals surface area contributed by atoms with Crippen molar-refractivity contribution in [3.05, 3.63) is 35.0 Å². The highest BCUT2D eigenvalue weighted by Gasteiger charge is 2.22. The van der Waals surface area contributed by atoms with Gasteiger partial charge < -0.3 is 25.0 Å². The molecule has 2 aromatic rings. The van der Waals surface area contributed by atoms with Gasteiger partial charge in [-0.05, 0) is 77.2 Å². The van der Waals surface area contributed by atoms with Crippen LogP contribution in [0.3, 0.4) is 0 Å². The third-order valence-corrected chi connectivity index (χ3v) is 6.33. The second kappa shape index (κ2) is 10.7. The van der Waals surface area contributed by atoms with Crippen LogP contribution in [0, 0.1) is 0 Å². The number of nitrogens with zero attached hydrogens (tertiary/aromatic N) is 3. The smallest absolute Gasteiger partial charge is 0.229 e. The topological polar surface area (TPSA) is 71.5 Å². The highest BCUT2D eigenvalue weighted by Crippen LogP contribution is 2.37. The van der Waals surface area contributed by atoms with Gasteiger partial charge in [0.15, 0.2) is 5.82 Å². The number of aromatic nitrogens is 2. The minimum absolute atomic E-state index is 0.107. The molecule has 2 aliphatic rings. The van der Waals surface area contributed by atoms with Crippen molar-refractivity contribution in [1.82, 2.24) is 14.9 Å². The fourth-order valence-corrected chi connectivity index (χ4v) is 4.48. The number of halogens is 1. The Morgan fingerprint density at radius 2 is 2.06 bits per heavy atom. The van der Waals surface area contributed by atoms with Crippen molar-refractivity contribution in [1.29, 1.82) is 0 Å². The van der Waals surface area contributed by atoms with Crippen LogP contribution in [-0.4, -0.2) is 60.4 Å². The number of hydrogen-bond donors (Lipinski definition) is 2. The molecule has 2 fully saturated rings. The van der Waals surface area contributed by atoms with Gasteiger partial charge >= 0.3 is 0 Å². The van der Waals surface area contributed by atoms with Gasteiger partial charge in [-0.1, -0.05) is 17.7 Å². The van der Waals surface area contributed by atoms with Gasteiger partial charge in [-0.3, -0.25) is 0 Å². The molecule has 0 amide bonds. The average molecular weight is 460 g/mol. The Hall–Kier alpha value is -2.09. The number of hydrogen-bond acceptors (Lipinski definition) is 7. The van der Waals surface area contributed by atoms with Crippen LogP contribution in [0.4, 0.5) is 17.5 Å². The molecule has 4 rings (SSSR count). The first kappa shape index (κ1) is 23.1. The van der Waals surface area contributed by atoms with E-state index in [0.717, 1.165) is 56.8 Å². The molecule has 0 saturated carbocycles. The lowest BCUT2D eigenvalue weighted by Gasteiger charge is -2.30. The molecule has 0 unspecified atom stereocenters. The Morgan fingerprint density at radius 1 is 1.25 bits per heavy atom. The zero-order valence-corrected chi connectivity index (χ0v) is 20.0. The molecule has 8 heteroatoms. The minimum Gasteiger partial charge on any atom is -0.491 e. The Bertz CT molecular complexity index is 896. The molecular weight excluding hydrogens is 426 g/mol. The van der Waals surface area contributed by atoms with Crippen LogP contribution < -0.4 is 15.4 Å². The van der Waals surface area contributed by atoms with Crippen LogP contribution >= 0.6 is 11.6 Å². The van der Waals surface area contributed by atoms with E-state index in [2.05, 4.69) is 64.6 Å². The SMILES string of the molecule is CC(C)Oc1cc(Nc2ncc(Cl)c(NC[C@H]3CCCO3)n2)ccc1C1CCN(C)CC1. The summed E-state index contributed by atoms with van der Waals surface area (Å²) in [5.74, 6) is 2.56. The third kappa shape index (κ3) is 6.03. The number of likely N-dealkylation sites (tertiary alicyclic amines) is 1. The summed E-state index contributed by atoms with van der Waals surface area (Å²) in [7, 11) is 2.19. The summed E-state index contributed by atoms with van der Waals surface area (Å²) in [6.07, 6.45) is 6.40. The number of anilines is 3. The van der Waals surface area contributed by atoms with E-state index < -0.39 is 0 Å². The standard InChI is InChI=1S/C24H34ClN5O2/c1-16(2)32-22-13-18(6-7-20(22)17-8-10-30(3)11-9-17)28-24-27-15-21(25)23(29-24)26-14-19-5-4-12-31-19/h6-7,13,15-17,19H,4-5,8-12,14H2,1-3H3,(H2,26,27,28,29)/t19-/m1/s1. The van der Waals surface area contributed by atoms with Crippen LogP contribution in [0.5, 0.6) is 5.75 Å². The molecule has 1 aromatic heterocycles. The van der Waals surface area contributed by atoms with E-state index in [1.54, 1.807) is 6.20 Å². The number of piperidine rings is 1. The van der Waals surface area contributed by atoms with Gasteiger partial charge in [-0.15, -0.1) is 0 Å². The molecule has 2 saturated heterocycles. The van der Waals surface area contributed by atoms with Crippen molar-refractivity contribution in [3.8, 4) is 5.75 Å². The van der Waals surface area contributed by atoms with Crippen LogP contribution in [0.2, 0.25) is 5.02 Å². The van der Waals surface area contributed by atoms with Gasteiger partial charge in [0.1, 0.15) is 10.8 Å². The largest absolute Gasteiger partial charge is 0.491 e. The van der Waals surface area contributed by atoms with Gasteiger partial charge in [-0.25, -0.2) is 4.98 Å². The van der Waals surface area contributed by atoms with Crippen molar-refractivity contribution in [3.63, 3.8) is 0 Å². The van der Waals surface area contributed by atoms with E-state index >= 15 is 0 Å². The molecule has 1 atom stereocenters. The van der Waals surface area contributed by atoms with E-state index in [0.29, 0.717) is 29.3 Å². The van der Waals surface area contributed by atoms with Crippen LogP contribution in [-0.2, 0) is 4.74 Å². The van der Waals surface area contributed by atoms with Crippen molar-refractivity contribution < 1.29 is 9.47 Å². The van der Waals surface area contributed by atoms with Crippen LogP contribution in [0.1, 0.15) is 51.0 Å². The summed E-state index contributed by atoms with van der Waals surface area (Å²) >= 11 is 6.30. The molecule has 3 heterocycles. The number of ether oxygens (including phenoxy) is 2. The lowest BCUT2D eigenvalue weighted by molar-refractivity contribution is 0.120. The van der Waals surface area contributed by atoms with Gasteiger partial charge in [0.2, 0.25) is 5.95 Å². The van der Waals surface area contributed by atoms with Crippen molar-refractivity contribution in [2.75, 3.05) is 43.9 Å². The Kier molecular flexibility index (Phi) is 7.71. The summed E-state index contributed by atoms with van der Waals surface area (Å²) in [6.45, 7) is 7.87. The highest BCUT2D eigenvalue weighted by molar-refractivity contribution is 6.32. The predicted octanol–water partition coefficient (Wildman–Crippen LogP) is 5.06. The van der Waals surface area contributed by atoms with Gasteiger partial charge in [-0.2, -0.15) is 4.98 Å². The quantitative estimate of drug-likeness (QED) is 0.571. The van der Waals surface area contributed by atoms with E-state index in [-0.39, 0.29) is 12.2 Å². The van der Waals surface area contributed by atoms with E-state index in [9.17, 15) is 0 Å². The zero-order valence-electron chi connectivity index (χ0n) is 19.2. The minimum atomic E-state index is 0.107. The molecule has 0 radical (unpaired) electrons. The van der Waals surface area contributed by atoms with E-state index in [1.165, 1.54) is 5.56 Å². The van der Waals surface area contributed by atoms with E-state index in [4.69, 9.17) is 21.1 Å². The predicted molar refractivity (Wildman–Crippen MR) is 129 cm³/mol. The van der Waals surface area contributed by atoms with Gasteiger partial charge in [0.25, 0.3) is 0 Å². The Balaban J connectivity index is 1.48. The molecule has 32 heavy (non-hydrogen) atoms. The number of benzene rings is 1. The molecule has 0 bridgehead atoms. The molecule has 2 aliphatic heterocycles. The van der Waals surface area contributed by atoms with Crippen molar-refractivity contribution in [2.45, 2.75) is 57.7 Å². The Labute approximate surface area is 195 Å². The van der Waals surface area contributed by atoms with E-state index in [1.807, 2.05) is 0 Å². The maximum atomic E-state index is 6.30. The molecule has 0 spiro atoms. The summed E-state index contributed by atoms with van der Waals surface area (Å²) < 4.78 is 11.9. The average Bonchev–Trinajstić information content (AvgIpc) is 3.28. The van der Waals surface area contributed by atoms with Crippen molar-refractivity contribution in [2.24, 2.45) is 0 Å². The van der Waals surface area contributed by atoms with Crippen molar-refractivity contribution >= 4 is 29.1 Å². The molecule has 2 N–H and O–H groups in total. The summed E-state index contributed by atoms with van der Waals surface area (Å²) in [5.41, 5.74) is 2.18. The first-order valence-electron chi connectivity index (χ1n) is 11.6. The highest BCUT2D eigenvalue weighted by atomic mass is 35.5.